The zero-order valence-electron chi connectivity index (χ0n) is 17.0. The van der Waals surface area contributed by atoms with E-state index in [2.05, 4.69) is 0 Å². The molecule has 0 radical (unpaired) electrons. The van der Waals surface area contributed by atoms with Gasteiger partial charge in [0.05, 0.1) is 5.92 Å². The second-order valence-electron chi connectivity index (χ2n) is 8.75. The second-order valence-corrected chi connectivity index (χ2v) is 8.75. The van der Waals surface area contributed by atoms with Crippen molar-refractivity contribution in [2.45, 2.75) is 79.2 Å². The summed E-state index contributed by atoms with van der Waals surface area (Å²) in [5.41, 5.74) is -2.63. The van der Waals surface area contributed by atoms with Crippen molar-refractivity contribution in [3.8, 4) is 0 Å². The number of ketones is 3. The Morgan fingerprint density at radius 1 is 1.00 bits per heavy atom. The summed E-state index contributed by atoms with van der Waals surface area (Å²) < 4.78 is 0. The van der Waals surface area contributed by atoms with E-state index < -0.39 is 34.6 Å². The summed E-state index contributed by atoms with van der Waals surface area (Å²) in [6, 6.07) is 0. The molecule has 0 aromatic carbocycles. The zero-order chi connectivity index (χ0) is 20.2. The third kappa shape index (κ3) is 4.81. The molecule has 1 aliphatic carbocycles. The van der Waals surface area contributed by atoms with Crippen LogP contribution in [0, 0.1) is 23.7 Å². The Hall–Kier alpha value is -1.49. The molecule has 0 unspecified atom stereocenters. The molecule has 0 heterocycles. The number of aliphatic hydroxyl groups excluding tert-OH is 1. The van der Waals surface area contributed by atoms with Crippen LogP contribution < -0.4 is 0 Å². The smallest absolute Gasteiger partial charge is 0.190 e. The fourth-order valence-corrected chi connectivity index (χ4v) is 3.36. The first-order valence-corrected chi connectivity index (χ1v) is 9.69. The Kier molecular flexibility index (Phi) is 7.75. The highest BCUT2D eigenvalue weighted by atomic mass is 16.3. The monoisotopic (exact) mass is 366 g/mol. The molecule has 0 bridgehead atoms. The van der Waals surface area contributed by atoms with Crippen LogP contribution >= 0.6 is 0 Å². The third-order valence-electron chi connectivity index (χ3n) is 4.94. The van der Waals surface area contributed by atoms with Gasteiger partial charge in [0.1, 0.15) is 11.3 Å². The molecule has 148 valence electrons. The highest BCUT2D eigenvalue weighted by Crippen LogP contribution is 2.42. The molecule has 0 fully saturated rings. The molecule has 0 saturated heterocycles. The van der Waals surface area contributed by atoms with E-state index >= 15 is 0 Å². The summed E-state index contributed by atoms with van der Waals surface area (Å²) in [6.07, 6.45) is 1.60. The van der Waals surface area contributed by atoms with Crippen LogP contribution in [0.15, 0.2) is 11.3 Å². The van der Waals surface area contributed by atoms with Crippen molar-refractivity contribution in [3.05, 3.63) is 11.3 Å². The third-order valence-corrected chi connectivity index (χ3v) is 4.94. The first-order valence-electron chi connectivity index (χ1n) is 9.69. The molecule has 0 amide bonds. The van der Waals surface area contributed by atoms with E-state index in [1.165, 1.54) is 0 Å². The van der Waals surface area contributed by atoms with Gasteiger partial charge in [-0.1, -0.05) is 48.0 Å². The average Bonchev–Trinajstić information content (AvgIpc) is 2.69. The molecule has 2 atom stereocenters. The lowest BCUT2D eigenvalue weighted by Crippen LogP contribution is -2.47. The summed E-state index contributed by atoms with van der Waals surface area (Å²) in [5, 5.41) is 21.7. The summed E-state index contributed by atoms with van der Waals surface area (Å²) in [5.74, 6) is -2.92. The number of allylic oxidation sites excluding steroid dienone is 1. The van der Waals surface area contributed by atoms with E-state index in [1.807, 2.05) is 41.5 Å². The molecular weight excluding hydrogens is 332 g/mol. The normalized spacial score (nSPS) is 23.6. The van der Waals surface area contributed by atoms with Crippen LogP contribution in [0.4, 0.5) is 0 Å². The largest absolute Gasteiger partial charge is 0.508 e. The molecular formula is C21H34O5. The second kappa shape index (κ2) is 8.94. The Morgan fingerprint density at radius 2 is 1.54 bits per heavy atom. The SMILES string of the molecule is CC(C)CCC(=O)[C@@]1(O)C(O)=C(C(=O)CC(C)C)C(=O)[C@H]1CCC(C)C. The van der Waals surface area contributed by atoms with E-state index in [0.717, 1.165) is 0 Å². The number of carbonyl (C=O) groups excluding carboxylic acids is 3. The maximum absolute atomic E-state index is 12.9. The van der Waals surface area contributed by atoms with Crippen molar-refractivity contribution in [1.82, 2.24) is 0 Å². The van der Waals surface area contributed by atoms with Crippen molar-refractivity contribution < 1.29 is 24.6 Å². The Balaban J connectivity index is 3.27. The van der Waals surface area contributed by atoms with Crippen molar-refractivity contribution >= 4 is 17.3 Å². The van der Waals surface area contributed by atoms with Crippen molar-refractivity contribution in [3.63, 3.8) is 0 Å². The molecule has 5 nitrogen and oxygen atoms in total. The molecule has 5 heteroatoms. The van der Waals surface area contributed by atoms with Gasteiger partial charge < -0.3 is 10.2 Å². The van der Waals surface area contributed by atoms with Gasteiger partial charge in [0.2, 0.25) is 0 Å². The van der Waals surface area contributed by atoms with E-state index in [-0.39, 0.29) is 42.6 Å². The molecule has 0 spiro atoms. The van der Waals surface area contributed by atoms with Crippen LogP contribution in [0.2, 0.25) is 0 Å². The first kappa shape index (κ1) is 22.6. The van der Waals surface area contributed by atoms with Gasteiger partial charge in [-0.2, -0.15) is 0 Å². The van der Waals surface area contributed by atoms with Crippen molar-refractivity contribution in [2.24, 2.45) is 23.7 Å². The first-order chi connectivity index (χ1) is 11.9. The van der Waals surface area contributed by atoms with E-state index in [0.29, 0.717) is 12.8 Å². The predicted molar refractivity (Wildman–Crippen MR) is 101 cm³/mol. The van der Waals surface area contributed by atoms with Crippen LogP contribution in [-0.2, 0) is 14.4 Å². The average molecular weight is 366 g/mol. The fraction of sp³-hybridized carbons (Fsp3) is 0.762. The zero-order valence-corrected chi connectivity index (χ0v) is 17.0. The number of aliphatic hydroxyl groups is 2. The summed E-state index contributed by atoms with van der Waals surface area (Å²) in [7, 11) is 0. The summed E-state index contributed by atoms with van der Waals surface area (Å²) in [6.45, 7) is 11.6. The van der Waals surface area contributed by atoms with Crippen LogP contribution in [0.25, 0.3) is 0 Å². The number of Topliss-reactive ketones (excluding diaryl/α,β-unsaturated/α-hetero) is 3. The lowest BCUT2D eigenvalue weighted by molar-refractivity contribution is -0.145. The number of carbonyl (C=O) groups is 3. The van der Waals surface area contributed by atoms with Gasteiger partial charge in [0, 0.05) is 12.8 Å². The topological polar surface area (TPSA) is 91.7 Å². The quantitative estimate of drug-likeness (QED) is 0.574. The van der Waals surface area contributed by atoms with Gasteiger partial charge in [0.25, 0.3) is 0 Å². The minimum atomic E-state index is -2.26. The lowest BCUT2D eigenvalue weighted by atomic mass is 9.79. The molecule has 0 aromatic heterocycles. The standard InChI is InChI=1S/C21H34O5/c1-12(2)7-9-15-19(24)18(16(22)11-14(5)6)20(25)21(15,26)17(23)10-8-13(3)4/h12-15,25-26H,7-11H2,1-6H3/t15-,21-/m1/s1. The van der Waals surface area contributed by atoms with Gasteiger partial charge >= 0.3 is 0 Å². The maximum atomic E-state index is 12.9. The van der Waals surface area contributed by atoms with Crippen LogP contribution in [0.5, 0.6) is 0 Å². The fourth-order valence-electron chi connectivity index (χ4n) is 3.36. The highest BCUT2D eigenvalue weighted by Gasteiger charge is 2.58. The van der Waals surface area contributed by atoms with Crippen molar-refractivity contribution in [2.75, 3.05) is 0 Å². The Morgan fingerprint density at radius 3 is 2.00 bits per heavy atom. The van der Waals surface area contributed by atoms with E-state index in [1.54, 1.807) is 0 Å². The number of hydrogen-bond acceptors (Lipinski definition) is 5. The van der Waals surface area contributed by atoms with Crippen LogP contribution in [0.3, 0.4) is 0 Å². The van der Waals surface area contributed by atoms with E-state index in [9.17, 15) is 24.6 Å². The van der Waals surface area contributed by atoms with Crippen molar-refractivity contribution in [1.29, 1.82) is 0 Å². The minimum Gasteiger partial charge on any atom is -0.508 e. The molecule has 26 heavy (non-hydrogen) atoms. The number of rotatable bonds is 10. The Bertz CT molecular complexity index is 585. The van der Waals surface area contributed by atoms with Gasteiger partial charge in [-0.05, 0) is 30.6 Å². The predicted octanol–water partition coefficient (Wildman–Crippen LogP) is 3.79. The van der Waals surface area contributed by atoms with E-state index in [4.69, 9.17) is 0 Å². The maximum Gasteiger partial charge on any atom is 0.190 e. The Labute approximate surface area is 156 Å². The van der Waals surface area contributed by atoms with Gasteiger partial charge in [-0.3, -0.25) is 14.4 Å². The highest BCUT2D eigenvalue weighted by molar-refractivity contribution is 6.25. The summed E-state index contributed by atoms with van der Waals surface area (Å²) in [4.78, 5) is 38.1. The molecule has 1 aliphatic rings. The minimum absolute atomic E-state index is 0.00931. The van der Waals surface area contributed by atoms with Crippen LogP contribution in [0.1, 0.15) is 73.6 Å². The van der Waals surface area contributed by atoms with Crippen LogP contribution in [-0.4, -0.2) is 33.2 Å². The van der Waals surface area contributed by atoms with Gasteiger partial charge in [0.15, 0.2) is 23.0 Å². The lowest BCUT2D eigenvalue weighted by Gasteiger charge is -2.28. The molecule has 0 saturated carbocycles. The summed E-state index contributed by atoms with van der Waals surface area (Å²) >= 11 is 0. The van der Waals surface area contributed by atoms with Gasteiger partial charge in [-0.15, -0.1) is 0 Å². The molecule has 0 aliphatic heterocycles. The number of hydrogen-bond donors (Lipinski definition) is 2. The molecule has 2 N–H and O–H groups in total. The molecule has 1 rings (SSSR count). The van der Waals surface area contributed by atoms with Gasteiger partial charge in [-0.25, -0.2) is 0 Å². The molecule has 0 aromatic rings.